The summed E-state index contributed by atoms with van der Waals surface area (Å²) in [5, 5.41) is 18.1. The highest BCUT2D eigenvalue weighted by Gasteiger charge is 2.19. The third-order valence-corrected chi connectivity index (χ3v) is 2.90. The van der Waals surface area contributed by atoms with Gasteiger partial charge in [-0.3, -0.25) is 4.68 Å². The van der Waals surface area contributed by atoms with Crippen LogP contribution in [0.1, 0.15) is 18.4 Å². The Morgan fingerprint density at radius 1 is 1.52 bits per heavy atom. The fourth-order valence-corrected chi connectivity index (χ4v) is 1.82. The monoisotopic (exact) mass is 298 g/mol. The van der Waals surface area contributed by atoms with E-state index in [1.54, 1.807) is 18.0 Å². The second-order valence-corrected chi connectivity index (χ2v) is 4.70. The average Bonchev–Trinajstić information content (AvgIpc) is 2.83. The van der Waals surface area contributed by atoms with Crippen LogP contribution in [0.4, 0.5) is 4.79 Å². The Morgan fingerprint density at radius 2 is 2.29 bits per heavy atom. The molecule has 0 spiro atoms. The lowest BCUT2D eigenvalue weighted by Crippen LogP contribution is -2.46. The smallest absolute Gasteiger partial charge is 0.326 e. The molecular formula is C13H22N4O4. The Bertz CT molecular complexity index is 461. The van der Waals surface area contributed by atoms with Gasteiger partial charge in [0.1, 0.15) is 6.04 Å². The van der Waals surface area contributed by atoms with Crippen molar-refractivity contribution in [3.05, 3.63) is 18.0 Å². The molecule has 1 heterocycles. The van der Waals surface area contributed by atoms with Crippen molar-refractivity contribution in [2.24, 2.45) is 7.05 Å². The Hall–Kier alpha value is -2.09. The zero-order valence-corrected chi connectivity index (χ0v) is 12.3. The highest BCUT2D eigenvalue weighted by atomic mass is 16.5. The van der Waals surface area contributed by atoms with Crippen molar-refractivity contribution < 1.29 is 19.4 Å². The Kier molecular flexibility index (Phi) is 7.24. The van der Waals surface area contributed by atoms with E-state index in [-0.39, 0.29) is 0 Å². The molecule has 0 saturated heterocycles. The van der Waals surface area contributed by atoms with Crippen LogP contribution in [0.5, 0.6) is 0 Å². The summed E-state index contributed by atoms with van der Waals surface area (Å²) in [6.07, 6.45) is 5.14. The molecule has 8 heteroatoms. The first-order valence-electron chi connectivity index (χ1n) is 6.76. The number of aryl methyl sites for hydroxylation is 1. The van der Waals surface area contributed by atoms with E-state index in [9.17, 15) is 9.59 Å². The van der Waals surface area contributed by atoms with Gasteiger partial charge < -0.3 is 20.5 Å². The SMILES string of the molecule is COCCCC(NC(=O)NCCc1cnn(C)c1)C(=O)O. The number of aromatic nitrogens is 2. The standard InChI is InChI=1S/C13H22N4O4/c1-17-9-10(8-15-17)5-6-14-13(20)16-11(12(18)19)4-3-7-21-2/h8-9,11H,3-7H2,1-2H3,(H,18,19)(H2,14,16,20). The number of aliphatic carboxylic acids is 1. The van der Waals surface area contributed by atoms with Crippen molar-refractivity contribution in [2.75, 3.05) is 20.3 Å². The van der Waals surface area contributed by atoms with Gasteiger partial charge in [0.2, 0.25) is 0 Å². The number of hydrogen-bond acceptors (Lipinski definition) is 4. The van der Waals surface area contributed by atoms with Crippen molar-refractivity contribution in [1.29, 1.82) is 0 Å². The van der Waals surface area contributed by atoms with Gasteiger partial charge in [0.05, 0.1) is 6.20 Å². The molecule has 0 radical (unpaired) electrons. The number of amides is 2. The van der Waals surface area contributed by atoms with Gasteiger partial charge in [0, 0.05) is 33.5 Å². The molecule has 1 aromatic heterocycles. The topological polar surface area (TPSA) is 105 Å². The summed E-state index contributed by atoms with van der Waals surface area (Å²) in [6, 6.07) is -1.39. The minimum atomic E-state index is -1.05. The largest absolute Gasteiger partial charge is 0.480 e. The van der Waals surface area contributed by atoms with Gasteiger partial charge in [-0.25, -0.2) is 9.59 Å². The Morgan fingerprint density at radius 3 is 2.86 bits per heavy atom. The highest BCUT2D eigenvalue weighted by Crippen LogP contribution is 1.99. The van der Waals surface area contributed by atoms with Gasteiger partial charge in [-0.05, 0) is 24.8 Å². The van der Waals surface area contributed by atoms with Crippen molar-refractivity contribution in [2.45, 2.75) is 25.3 Å². The van der Waals surface area contributed by atoms with Crippen LogP contribution in [0, 0.1) is 0 Å². The number of hydrogen-bond donors (Lipinski definition) is 3. The van der Waals surface area contributed by atoms with Gasteiger partial charge in [0.15, 0.2) is 0 Å². The number of carbonyl (C=O) groups is 2. The third-order valence-electron chi connectivity index (χ3n) is 2.90. The first kappa shape index (κ1) is 17.0. The van der Waals surface area contributed by atoms with E-state index >= 15 is 0 Å². The molecule has 0 aliphatic carbocycles. The summed E-state index contributed by atoms with van der Waals surface area (Å²) in [6.45, 7) is 0.885. The van der Waals surface area contributed by atoms with Crippen LogP contribution in [0.2, 0.25) is 0 Å². The lowest BCUT2D eigenvalue weighted by atomic mass is 10.1. The first-order chi connectivity index (χ1) is 10.0. The summed E-state index contributed by atoms with van der Waals surface area (Å²) in [7, 11) is 3.37. The number of rotatable bonds is 9. The van der Waals surface area contributed by atoms with E-state index in [0.717, 1.165) is 5.56 Å². The molecule has 21 heavy (non-hydrogen) atoms. The first-order valence-corrected chi connectivity index (χ1v) is 6.76. The molecule has 1 rings (SSSR count). The zero-order valence-electron chi connectivity index (χ0n) is 12.3. The van der Waals surface area contributed by atoms with E-state index in [2.05, 4.69) is 15.7 Å². The summed E-state index contributed by atoms with van der Waals surface area (Å²) >= 11 is 0. The minimum Gasteiger partial charge on any atom is -0.480 e. The molecule has 2 amide bonds. The second-order valence-electron chi connectivity index (χ2n) is 4.70. The van der Waals surface area contributed by atoms with E-state index in [1.165, 1.54) is 0 Å². The van der Waals surface area contributed by atoms with Crippen molar-refractivity contribution >= 4 is 12.0 Å². The number of nitrogens with one attached hydrogen (secondary N) is 2. The van der Waals surface area contributed by atoms with Crippen LogP contribution in [0.15, 0.2) is 12.4 Å². The molecule has 0 aliphatic heterocycles. The van der Waals surface area contributed by atoms with E-state index < -0.39 is 18.0 Å². The van der Waals surface area contributed by atoms with Crippen molar-refractivity contribution in [3.63, 3.8) is 0 Å². The number of carbonyl (C=O) groups excluding carboxylic acids is 1. The molecular weight excluding hydrogens is 276 g/mol. The van der Waals surface area contributed by atoms with E-state index in [0.29, 0.717) is 32.4 Å². The normalized spacial score (nSPS) is 11.9. The maximum Gasteiger partial charge on any atom is 0.326 e. The maximum atomic E-state index is 11.6. The van der Waals surface area contributed by atoms with Crippen LogP contribution in [0.25, 0.3) is 0 Å². The summed E-state index contributed by atoms with van der Waals surface area (Å²) in [5.74, 6) is -1.05. The molecule has 1 aromatic rings. The number of carboxylic acids is 1. The quantitative estimate of drug-likeness (QED) is 0.562. The molecule has 0 aromatic carbocycles. The molecule has 118 valence electrons. The highest BCUT2D eigenvalue weighted by molar-refractivity contribution is 5.82. The van der Waals surface area contributed by atoms with Crippen LogP contribution in [0.3, 0.4) is 0 Å². The number of urea groups is 1. The average molecular weight is 298 g/mol. The molecule has 1 atom stereocenters. The second kappa shape index (κ2) is 8.96. The number of nitrogens with zero attached hydrogens (tertiary/aromatic N) is 2. The molecule has 0 fully saturated rings. The van der Waals surface area contributed by atoms with Gasteiger partial charge in [-0.1, -0.05) is 0 Å². The molecule has 8 nitrogen and oxygen atoms in total. The molecule has 0 saturated carbocycles. The number of carboxylic acid groups (broad SMARTS) is 1. The zero-order chi connectivity index (χ0) is 15.7. The van der Waals surface area contributed by atoms with E-state index in [4.69, 9.17) is 9.84 Å². The molecule has 0 bridgehead atoms. The number of ether oxygens (including phenoxy) is 1. The molecule has 0 aliphatic rings. The van der Waals surface area contributed by atoms with E-state index in [1.807, 2.05) is 13.2 Å². The van der Waals surface area contributed by atoms with Crippen LogP contribution in [-0.4, -0.2) is 53.2 Å². The summed E-state index contributed by atoms with van der Waals surface area (Å²) in [4.78, 5) is 22.7. The lowest BCUT2D eigenvalue weighted by Gasteiger charge is -2.14. The van der Waals surface area contributed by atoms with Crippen LogP contribution >= 0.6 is 0 Å². The predicted octanol–water partition coefficient (Wildman–Crippen LogP) is 0.142. The maximum absolute atomic E-state index is 11.6. The van der Waals surface area contributed by atoms with Crippen molar-refractivity contribution in [1.82, 2.24) is 20.4 Å². The Balaban J connectivity index is 2.27. The summed E-state index contributed by atoms with van der Waals surface area (Å²) < 4.78 is 6.55. The van der Waals surface area contributed by atoms with Gasteiger partial charge in [0.25, 0.3) is 0 Å². The van der Waals surface area contributed by atoms with Crippen LogP contribution < -0.4 is 10.6 Å². The lowest BCUT2D eigenvalue weighted by molar-refractivity contribution is -0.139. The third kappa shape index (κ3) is 6.75. The summed E-state index contributed by atoms with van der Waals surface area (Å²) in [5.41, 5.74) is 1.01. The molecule has 1 unspecified atom stereocenters. The van der Waals surface area contributed by atoms with Crippen molar-refractivity contribution in [3.8, 4) is 0 Å². The van der Waals surface area contributed by atoms with Crippen LogP contribution in [-0.2, 0) is 23.0 Å². The van der Waals surface area contributed by atoms with Gasteiger partial charge in [-0.2, -0.15) is 5.10 Å². The Labute approximate surface area is 123 Å². The van der Waals surface area contributed by atoms with Gasteiger partial charge >= 0.3 is 12.0 Å². The predicted molar refractivity (Wildman–Crippen MR) is 76.0 cm³/mol. The fourth-order valence-electron chi connectivity index (χ4n) is 1.82. The molecule has 3 N–H and O–H groups in total. The fraction of sp³-hybridized carbons (Fsp3) is 0.615. The van der Waals surface area contributed by atoms with Gasteiger partial charge in [-0.15, -0.1) is 0 Å². The number of methoxy groups -OCH3 is 1. The minimum absolute atomic E-state index is 0.333.